The minimum absolute atomic E-state index is 0.00785. The first-order valence-electron chi connectivity index (χ1n) is 9.81. The molecule has 0 aliphatic rings. The largest absolute Gasteiger partial charge is 0.461 e. The van der Waals surface area contributed by atoms with E-state index >= 15 is 0 Å². The number of amides is 1. The highest BCUT2D eigenvalue weighted by Gasteiger charge is 2.25. The summed E-state index contributed by atoms with van der Waals surface area (Å²) in [4.78, 5) is 29.4. The maximum atomic E-state index is 12.9. The Hall–Kier alpha value is -3.63. The van der Waals surface area contributed by atoms with Gasteiger partial charge in [0, 0.05) is 12.4 Å². The first-order valence-corrected chi connectivity index (χ1v) is 10.2. The zero-order valence-corrected chi connectivity index (χ0v) is 18.1. The summed E-state index contributed by atoms with van der Waals surface area (Å²) in [5.41, 5.74) is 1.15. The van der Waals surface area contributed by atoms with Crippen molar-refractivity contribution in [3.8, 4) is 11.6 Å². The highest BCUT2D eigenvalue weighted by atomic mass is 35.5. The van der Waals surface area contributed by atoms with Crippen LogP contribution in [0.5, 0.6) is 5.88 Å². The zero-order chi connectivity index (χ0) is 22.5. The Morgan fingerprint density at radius 2 is 2.00 bits per heavy atom. The molecule has 1 N–H and O–H groups in total. The van der Waals surface area contributed by atoms with E-state index in [1.807, 2.05) is 32.0 Å². The number of carbonyl (C=O) groups is 1. The van der Waals surface area contributed by atoms with Crippen LogP contribution in [0.15, 0.2) is 55.4 Å². The van der Waals surface area contributed by atoms with E-state index in [4.69, 9.17) is 21.1 Å². The number of benzene rings is 1. The van der Waals surface area contributed by atoms with Crippen molar-refractivity contribution in [2.75, 3.05) is 11.9 Å². The highest BCUT2D eigenvalue weighted by Crippen LogP contribution is 2.27. The number of aromatic nitrogens is 6. The van der Waals surface area contributed by atoms with E-state index < -0.39 is 12.0 Å². The van der Waals surface area contributed by atoms with E-state index in [-0.39, 0.29) is 18.6 Å². The summed E-state index contributed by atoms with van der Waals surface area (Å²) in [5, 5.41) is 8.10. The predicted molar refractivity (Wildman–Crippen MR) is 118 cm³/mol. The Morgan fingerprint density at radius 3 is 2.75 bits per heavy atom. The molecule has 1 unspecified atom stereocenters. The second-order valence-corrected chi connectivity index (χ2v) is 7.40. The molecule has 4 rings (SSSR count). The summed E-state index contributed by atoms with van der Waals surface area (Å²) in [6, 6.07) is 7.27. The summed E-state index contributed by atoms with van der Waals surface area (Å²) in [5.74, 6) is 0.0476. The van der Waals surface area contributed by atoms with Gasteiger partial charge in [-0.3, -0.25) is 9.78 Å². The lowest BCUT2D eigenvalue weighted by Gasteiger charge is -2.19. The lowest BCUT2D eigenvalue weighted by molar-refractivity contribution is -0.126. The number of carbonyl (C=O) groups excluding carboxylic acids is 1. The van der Waals surface area contributed by atoms with Gasteiger partial charge in [0.1, 0.15) is 11.7 Å². The number of para-hydroxylation sites is 1. The van der Waals surface area contributed by atoms with Gasteiger partial charge in [0.2, 0.25) is 12.0 Å². The van der Waals surface area contributed by atoms with Crippen LogP contribution in [0.3, 0.4) is 0 Å². The number of nitrogens with zero attached hydrogens (tertiary/aromatic N) is 6. The van der Waals surface area contributed by atoms with E-state index in [9.17, 15) is 4.79 Å². The fraction of sp³-hybridized carbons (Fsp3) is 0.238. The molecule has 1 aromatic carbocycles. The fourth-order valence-electron chi connectivity index (χ4n) is 2.86. The van der Waals surface area contributed by atoms with Crippen LogP contribution in [0, 0.1) is 0 Å². The number of rotatable bonds is 8. The van der Waals surface area contributed by atoms with Gasteiger partial charge in [0.05, 0.1) is 35.8 Å². The van der Waals surface area contributed by atoms with E-state index in [2.05, 4.69) is 30.4 Å². The van der Waals surface area contributed by atoms with Crippen molar-refractivity contribution in [1.29, 1.82) is 0 Å². The lowest BCUT2D eigenvalue weighted by atomic mass is 10.3. The minimum atomic E-state index is -0.999. The second-order valence-electron chi connectivity index (χ2n) is 6.99. The molecular formula is C21H20ClN7O3. The number of halogens is 1. The molecule has 11 heteroatoms. The molecule has 164 valence electrons. The first kappa shape index (κ1) is 21.6. The molecule has 0 saturated heterocycles. The summed E-state index contributed by atoms with van der Waals surface area (Å²) < 4.78 is 13.2. The van der Waals surface area contributed by atoms with Crippen molar-refractivity contribution in [1.82, 2.24) is 29.7 Å². The van der Waals surface area contributed by atoms with Gasteiger partial charge in [0.15, 0.2) is 11.5 Å². The molecule has 0 radical (unpaired) electrons. The molecular weight excluding hydrogens is 434 g/mol. The van der Waals surface area contributed by atoms with Crippen LogP contribution >= 0.6 is 11.6 Å². The van der Waals surface area contributed by atoms with Gasteiger partial charge in [-0.05, 0) is 26.0 Å². The molecule has 3 heterocycles. The Labute approximate surface area is 188 Å². The maximum absolute atomic E-state index is 12.9. The third-order valence-corrected chi connectivity index (χ3v) is 4.67. The SMILES string of the molecule is CC(C)OCC(Oc1ncnc2c1cnn2-c1ccccc1Cl)C(=O)Nc1cnccn1. The van der Waals surface area contributed by atoms with Crippen LogP contribution in [-0.2, 0) is 9.53 Å². The van der Waals surface area contributed by atoms with Crippen LogP contribution < -0.4 is 10.1 Å². The standard InChI is InChI=1S/C21H20ClN7O3/c1-13(2)31-11-17(20(30)28-18-10-23-7-8-24-18)32-21-14-9-27-29(19(14)25-12-26-21)16-6-4-3-5-15(16)22/h3-10,12-13,17H,11H2,1-2H3,(H,24,28,30). The van der Waals surface area contributed by atoms with E-state index in [0.29, 0.717) is 27.6 Å². The molecule has 0 aliphatic carbocycles. The number of hydrogen-bond donors (Lipinski definition) is 1. The molecule has 4 aromatic rings. The van der Waals surface area contributed by atoms with Crippen LogP contribution in [0.2, 0.25) is 5.02 Å². The number of hydrogen-bond acceptors (Lipinski definition) is 8. The molecule has 32 heavy (non-hydrogen) atoms. The van der Waals surface area contributed by atoms with Crippen molar-refractivity contribution in [2.24, 2.45) is 0 Å². The number of nitrogens with one attached hydrogen (secondary N) is 1. The molecule has 1 atom stereocenters. The summed E-state index contributed by atoms with van der Waals surface area (Å²) in [7, 11) is 0. The van der Waals surface area contributed by atoms with Crippen LogP contribution in [0.25, 0.3) is 16.7 Å². The maximum Gasteiger partial charge on any atom is 0.269 e. The van der Waals surface area contributed by atoms with Crippen LogP contribution in [0.4, 0.5) is 5.82 Å². The third kappa shape index (κ3) is 4.82. The summed E-state index contributed by atoms with van der Waals surface area (Å²) in [6.07, 6.45) is 6.24. The quantitative estimate of drug-likeness (QED) is 0.432. The molecule has 3 aromatic heterocycles. The van der Waals surface area contributed by atoms with Crippen molar-refractivity contribution in [3.63, 3.8) is 0 Å². The van der Waals surface area contributed by atoms with E-state index in [1.165, 1.54) is 24.9 Å². The summed E-state index contributed by atoms with van der Waals surface area (Å²) >= 11 is 6.31. The summed E-state index contributed by atoms with van der Waals surface area (Å²) in [6.45, 7) is 3.75. The van der Waals surface area contributed by atoms with Crippen LogP contribution in [0.1, 0.15) is 13.8 Å². The third-order valence-electron chi connectivity index (χ3n) is 4.35. The second kappa shape index (κ2) is 9.67. The number of anilines is 1. The van der Waals surface area contributed by atoms with Crippen molar-refractivity contribution in [3.05, 3.63) is 60.4 Å². The molecule has 10 nitrogen and oxygen atoms in total. The smallest absolute Gasteiger partial charge is 0.269 e. The van der Waals surface area contributed by atoms with E-state index in [1.54, 1.807) is 16.9 Å². The molecule has 0 saturated carbocycles. The van der Waals surface area contributed by atoms with Crippen LogP contribution in [-0.4, -0.2) is 54.4 Å². The van der Waals surface area contributed by atoms with Gasteiger partial charge in [-0.25, -0.2) is 19.6 Å². The van der Waals surface area contributed by atoms with Gasteiger partial charge in [-0.2, -0.15) is 5.10 Å². The topological polar surface area (TPSA) is 117 Å². The average Bonchev–Trinajstić information content (AvgIpc) is 3.22. The molecule has 0 bridgehead atoms. The van der Waals surface area contributed by atoms with Crippen molar-refractivity contribution >= 4 is 34.4 Å². The number of fused-ring (bicyclic) bond motifs is 1. The van der Waals surface area contributed by atoms with E-state index in [0.717, 1.165) is 0 Å². The average molecular weight is 454 g/mol. The number of ether oxygens (including phenoxy) is 2. The van der Waals surface area contributed by atoms with Crippen molar-refractivity contribution in [2.45, 2.75) is 26.1 Å². The normalized spacial score (nSPS) is 12.1. The Kier molecular flexibility index (Phi) is 6.52. The Bertz CT molecular complexity index is 1220. The Balaban J connectivity index is 1.63. The van der Waals surface area contributed by atoms with Crippen molar-refractivity contribution < 1.29 is 14.3 Å². The van der Waals surface area contributed by atoms with Gasteiger partial charge in [-0.1, -0.05) is 23.7 Å². The fourth-order valence-corrected chi connectivity index (χ4v) is 3.08. The van der Waals surface area contributed by atoms with Gasteiger partial charge in [-0.15, -0.1) is 0 Å². The highest BCUT2D eigenvalue weighted by molar-refractivity contribution is 6.32. The van der Waals surface area contributed by atoms with Gasteiger partial charge >= 0.3 is 0 Å². The zero-order valence-electron chi connectivity index (χ0n) is 17.3. The molecule has 0 aliphatic heterocycles. The van der Waals surface area contributed by atoms with Gasteiger partial charge in [0.25, 0.3) is 5.91 Å². The lowest BCUT2D eigenvalue weighted by Crippen LogP contribution is -2.38. The van der Waals surface area contributed by atoms with Gasteiger partial charge < -0.3 is 14.8 Å². The predicted octanol–water partition coefficient (Wildman–Crippen LogP) is 3.07. The molecule has 0 fully saturated rings. The molecule has 1 amide bonds. The Morgan fingerprint density at radius 1 is 1.16 bits per heavy atom. The monoisotopic (exact) mass is 453 g/mol. The minimum Gasteiger partial charge on any atom is -0.461 e. The molecule has 0 spiro atoms. The first-order chi connectivity index (χ1) is 15.5.